The Labute approximate surface area is 150 Å². The first-order valence-electron chi connectivity index (χ1n) is 7.94. The van der Waals surface area contributed by atoms with Gasteiger partial charge in [-0.2, -0.15) is 0 Å². The molecule has 9 heteroatoms. The van der Waals surface area contributed by atoms with Crippen molar-refractivity contribution >= 4 is 23.7 Å². The second-order valence-electron chi connectivity index (χ2n) is 6.37. The van der Waals surface area contributed by atoms with Crippen LogP contribution in [0.15, 0.2) is 18.2 Å². The summed E-state index contributed by atoms with van der Waals surface area (Å²) in [5.41, 5.74) is -0.825. The van der Waals surface area contributed by atoms with E-state index in [0.29, 0.717) is 12.5 Å². The van der Waals surface area contributed by atoms with Crippen LogP contribution in [0.25, 0.3) is 0 Å². The van der Waals surface area contributed by atoms with Gasteiger partial charge in [-0.1, -0.05) is 0 Å². The summed E-state index contributed by atoms with van der Waals surface area (Å²) in [4.78, 5) is 34.5. The van der Waals surface area contributed by atoms with E-state index < -0.39 is 41.8 Å². The molecule has 0 fully saturated rings. The Hall–Kier alpha value is -2.71. The highest BCUT2D eigenvalue weighted by atomic mass is 19.1. The molecule has 0 aliphatic carbocycles. The van der Waals surface area contributed by atoms with Gasteiger partial charge in [-0.3, -0.25) is 9.59 Å². The van der Waals surface area contributed by atoms with Crippen molar-refractivity contribution in [2.24, 2.45) is 0 Å². The molecule has 1 aromatic carbocycles. The van der Waals surface area contributed by atoms with Gasteiger partial charge in [-0.25, -0.2) is 13.6 Å². The molecule has 0 heterocycles. The Morgan fingerprint density at radius 3 is 2.46 bits per heavy atom. The lowest BCUT2D eigenvalue weighted by Crippen LogP contribution is -2.33. The van der Waals surface area contributed by atoms with Gasteiger partial charge in [0.1, 0.15) is 17.2 Å². The molecule has 144 valence electrons. The molecule has 0 bridgehead atoms. The summed E-state index contributed by atoms with van der Waals surface area (Å²) in [6.07, 6.45) is -0.313. The molecule has 1 aromatic rings. The smallest absolute Gasteiger partial charge is 0.407 e. The van der Waals surface area contributed by atoms with Gasteiger partial charge in [-0.15, -0.1) is 0 Å². The van der Waals surface area contributed by atoms with Gasteiger partial charge < -0.3 is 20.1 Å². The molecule has 26 heavy (non-hydrogen) atoms. The second-order valence-corrected chi connectivity index (χ2v) is 6.37. The first-order chi connectivity index (χ1) is 12.1. The van der Waals surface area contributed by atoms with Gasteiger partial charge >= 0.3 is 12.1 Å². The molecule has 0 aliphatic heterocycles. The second kappa shape index (κ2) is 9.69. The van der Waals surface area contributed by atoms with E-state index in [9.17, 15) is 23.2 Å². The summed E-state index contributed by atoms with van der Waals surface area (Å²) in [5.74, 6) is -3.11. The lowest BCUT2D eigenvalue weighted by molar-refractivity contribution is -0.147. The average molecular weight is 372 g/mol. The number of halogens is 2. The average Bonchev–Trinajstić information content (AvgIpc) is 2.50. The number of benzene rings is 1. The van der Waals surface area contributed by atoms with E-state index in [1.165, 1.54) is 0 Å². The molecule has 1 rings (SSSR count). The molecule has 0 unspecified atom stereocenters. The summed E-state index contributed by atoms with van der Waals surface area (Å²) in [5, 5.41) is 4.65. The summed E-state index contributed by atoms with van der Waals surface area (Å²) in [6, 6.07) is 2.67. The van der Waals surface area contributed by atoms with Gasteiger partial charge in [-0.05, 0) is 39.3 Å². The van der Waals surface area contributed by atoms with Crippen LogP contribution >= 0.6 is 0 Å². The van der Waals surface area contributed by atoms with Crippen molar-refractivity contribution in [1.82, 2.24) is 5.32 Å². The van der Waals surface area contributed by atoms with Gasteiger partial charge in [0, 0.05) is 19.0 Å². The number of ether oxygens (including phenoxy) is 2. The highest BCUT2D eigenvalue weighted by Crippen LogP contribution is 2.14. The third kappa shape index (κ3) is 8.95. The lowest BCUT2D eigenvalue weighted by Gasteiger charge is -2.19. The van der Waals surface area contributed by atoms with Gasteiger partial charge in [0.15, 0.2) is 6.61 Å². The minimum Gasteiger partial charge on any atom is -0.456 e. The first kappa shape index (κ1) is 21.3. The fraction of sp³-hybridized carbons (Fsp3) is 0.471. The van der Waals surface area contributed by atoms with E-state index in [1.54, 1.807) is 20.8 Å². The SMILES string of the molecule is CC(C)(C)OC(=O)NCCCC(=O)OCC(=O)Nc1ccc(F)cc1F. The number of carbonyl (C=O) groups excluding carboxylic acids is 3. The minimum atomic E-state index is -0.933. The molecular formula is C17H22F2N2O5. The highest BCUT2D eigenvalue weighted by Gasteiger charge is 2.16. The summed E-state index contributed by atoms with van der Waals surface area (Å²) in [6.45, 7) is 4.79. The Balaban J connectivity index is 2.21. The normalized spacial score (nSPS) is 10.8. The number of carbonyl (C=O) groups is 3. The molecule has 7 nitrogen and oxygen atoms in total. The van der Waals surface area contributed by atoms with E-state index in [4.69, 9.17) is 9.47 Å². The van der Waals surface area contributed by atoms with Crippen molar-refractivity contribution in [2.45, 2.75) is 39.2 Å². The summed E-state index contributed by atoms with van der Waals surface area (Å²) < 4.78 is 35.9. The molecule has 0 spiro atoms. The van der Waals surface area contributed by atoms with Gasteiger partial charge in [0.05, 0.1) is 5.69 Å². The summed E-state index contributed by atoms with van der Waals surface area (Å²) in [7, 11) is 0. The highest BCUT2D eigenvalue weighted by molar-refractivity contribution is 5.92. The van der Waals surface area contributed by atoms with Gasteiger partial charge in [0.25, 0.3) is 5.91 Å². The number of rotatable bonds is 7. The standard InChI is InChI=1S/C17H22F2N2O5/c1-17(2,3)26-16(24)20-8-4-5-15(23)25-10-14(22)21-13-7-6-11(18)9-12(13)19/h6-7,9H,4-5,8,10H2,1-3H3,(H,20,24)(H,21,22). The molecule has 0 saturated heterocycles. The largest absolute Gasteiger partial charge is 0.456 e. The maximum absolute atomic E-state index is 13.4. The molecule has 0 aromatic heterocycles. The third-order valence-corrected chi connectivity index (χ3v) is 2.80. The molecular weight excluding hydrogens is 350 g/mol. The Morgan fingerprint density at radius 1 is 1.15 bits per heavy atom. The zero-order chi connectivity index (χ0) is 19.7. The molecule has 2 amide bonds. The number of hydrogen-bond donors (Lipinski definition) is 2. The van der Waals surface area contributed by atoms with Crippen LogP contribution in [0.4, 0.5) is 19.3 Å². The maximum Gasteiger partial charge on any atom is 0.407 e. The van der Waals surface area contributed by atoms with Crippen LogP contribution in [0.1, 0.15) is 33.6 Å². The Morgan fingerprint density at radius 2 is 1.85 bits per heavy atom. The van der Waals surface area contributed by atoms with E-state index in [0.717, 1.165) is 12.1 Å². The number of nitrogens with one attached hydrogen (secondary N) is 2. The van der Waals surface area contributed by atoms with Crippen molar-refractivity contribution in [1.29, 1.82) is 0 Å². The van der Waals surface area contributed by atoms with Crippen LogP contribution in [-0.4, -0.2) is 36.7 Å². The molecule has 2 N–H and O–H groups in total. The maximum atomic E-state index is 13.4. The Bertz CT molecular complexity index is 659. The number of hydrogen-bond acceptors (Lipinski definition) is 5. The van der Waals surface area contributed by atoms with Crippen molar-refractivity contribution in [3.63, 3.8) is 0 Å². The third-order valence-electron chi connectivity index (χ3n) is 2.80. The van der Waals surface area contributed by atoms with Crippen molar-refractivity contribution < 1.29 is 32.6 Å². The number of alkyl carbamates (subject to hydrolysis) is 1. The van der Waals surface area contributed by atoms with Crippen molar-refractivity contribution in [2.75, 3.05) is 18.5 Å². The molecule has 0 saturated carbocycles. The number of amides is 2. The van der Waals surface area contributed by atoms with Crippen LogP contribution < -0.4 is 10.6 Å². The first-order valence-corrected chi connectivity index (χ1v) is 7.94. The molecule has 0 radical (unpaired) electrons. The molecule has 0 aliphatic rings. The van der Waals surface area contributed by atoms with Crippen LogP contribution in [0.3, 0.4) is 0 Å². The van der Waals surface area contributed by atoms with E-state index >= 15 is 0 Å². The fourth-order valence-electron chi connectivity index (χ4n) is 1.73. The predicted octanol–water partition coefficient (Wildman–Crippen LogP) is 2.75. The van der Waals surface area contributed by atoms with E-state index in [1.807, 2.05) is 0 Å². The quantitative estimate of drug-likeness (QED) is 0.567. The lowest BCUT2D eigenvalue weighted by atomic mass is 10.2. The van der Waals surface area contributed by atoms with Crippen LogP contribution in [0, 0.1) is 11.6 Å². The predicted molar refractivity (Wildman–Crippen MR) is 89.4 cm³/mol. The zero-order valence-corrected chi connectivity index (χ0v) is 14.9. The van der Waals surface area contributed by atoms with Crippen molar-refractivity contribution in [3.8, 4) is 0 Å². The summed E-state index contributed by atoms with van der Waals surface area (Å²) >= 11 is 0. The van der Waals surface area contributed by atoms with E-state index in [-0.39, 0.29) is 18.7 Å². The fourth-order valence-corrected chi connectivity index (χ4v) is 1.73. The van der Waals surface area contributed by atoms with E-state index in [2.05, 4.69) is 10.6 Å². The van der Waals surface area contributed by atoms with Crippen LogP contribution in [-0.2, 0) is 19.1 Å². The number of anilines is 1. The van der Waals surface area contributed by atoms with Crippen molar-refractivity contribution in [3.05, 3.63) is 29.8 Å². The Kier molecular flexibility index (Phi) is 7.95. The van der Waals surface area contributed by atoms with Crippen LogP contribution in [0.5, 0.6) is 0 Å². The topological polar surface area (TPSA) is 93.7 Å². The van der Waals surface area contributed by atoms with Gasteiger partial charge in [0.2, 0.25) is 0 Å². The zero-order valence-electron chi connectivity index (χ0n) is 14.9. The molecule has 0 atom stereocenters. The van der Waals surface area contributed by atoms with Crippen LogP contribution in [0.2, 0.25) is 0 Å². The number of esters is 1. The minimum absolute atomic E-state index is 0.0199. The monoisotopic (exact) mass is 372 g/mol.